The van der Waals surface area contributed by atoms with Crippen molar-refractivity contribution in [3.63, 3.8) is 0 Å². The molecule has 2 saturated heterocycles. The molecule has 2 aliphatic heterocycles. The molecule has 0 spiro atoms. The van der Waals surface area contributed by atoms with Crippen LogP contribution in [0.2, 0.25) is 0 Å². The highest BCUT2D eigenvalue weighted by Crippen LogP contribution is 2.40. The summed E-state index contributed by atoms with van der Waals surface area (Å²) >= 11 is 0. The standard InChI is InChI=1S/C35H42F2N10O4/c1-23(15-45-22-39-21-42-45)51-32-11-24(3-4-25(32)12-38)26-13-40-34(41-14-26)43-31-16-46(44-33(31)50-20-35(36,37)19-48-2)27-5-7-28(8-6-27)47-29-9-10-30(47)18-49-17-29/h3-4,11,13-14,16,21-23,27-30H,5-10,15,17-20H2,1-2H3,(H,40,41,43)/t23-,27-,28-,29-,30?/m0/s1. The van der Waals surface area contributed by atoms with Gasteiger partial charge in [0.05, 0.1) is 37.6 Å². The van der Waals surface area contributed by atoms with Gasteiger partial charge in [-0.05, 0) is 63.1 Å². The topological polar surface area (TPSA) is 150 Å². The zero-order valence-corrected chi connectivity index (χ0v) is 28.7. The largest absolute Gasteiger partial charge is 0.487 e. The highest BCUT2D eigenvalue weighted by molar-refractivity contribution is 5.67. The van der Waals surface area contributed by atoms with Crippen LogP contribution in [0.1, 0.15) is 57.1 Å². The molecule has 270 valence electrons. The number of fused-ring (bicyclic) bond motifs is 2. The number of hydrogen-bond acceptors (Lipinski definition) is 12. The van der Waals surface area contributed by atoms with Crippen LogP contribution >= 0.6 is 0 Å². The summed E-state index contributed by atoms with van der Waals surface area (Å²) < 4.78 is 54.4. The maximum Gasteiger partial charge on any atom is 0.304 e. The summed E-state index contributed by atoms with van der Waals surface area (Å²) in [4.78, 5) is 15.6. The smallest absolute Gasteiger partial charge is 0.304 e. The lowest BCUT2D eigenvalue weighted by molar-refractivity contribution is -0.0917. The van der Waals surface area contributed by atoms with Crippen molar-refractivity contribution in [2.45, 2.75) is 88.2 Å². The lowest BCUT2D eigenvalue weighted by Crippen LogP contribution is -2.52. The Labute approximate surface area is 294 Å². The van der Waals surface area contributed by atoms with Gasteiger partial charge < -0.3 is 24.3 Å². The molecule has 4 aromatic rings. The second-order valence-electron chi connectivity index (χ2n) is 13.5. The van der Waals surface area contributed by atoms with Gasteiger partial charge >= 0.3 is 5.92 Å². The number of rotatable bonds is 14. The van der Waals surface area contributed by atoms with Gasteiger partial charge in [0.25, 0.3) is 5.88 Å². The van der Waals surface area contributed by atoms with E-state index in [1.807, 2.05) is 11.6 Å². The zero-order valence-electron chi connectivity index (χ0n) is 28.7. The Balaban J connectivity index is 1.05. The molecule has 3 fully saturated rings. The fourth-order valence-corrected chi connectivity index (χ4v) is 7.46. The van der Waals surface area contributed by atoms with E-state index in [2.05, 4.69) is 46.2 Å². The first kappa shape index (κ1) is 34.7. The minimum atomic E-state index is -3.19. The van der Waals surface area contributed by atoms with Crippen molar-refractivity contribution >= 4 is 11.6 Å². The van der Waals surface area contributed by atoms with Crippen LogP contribution in [0.4, 0.5) is 20.4 Å². The normalized spacial score (nSPS) is 22.7. The Hall–Kier alpha value is -4.72. The van der Waals surface area contributed by atoms with E-state index in [4.69, 9.17) is 14.2 Å². The Morgan fingerprint density at radius 2 is 1.75 bits per heavy atom. The second-order valence-corrected chi connectivity index (χ2v) is 13.5. The molecular formula is C35H42F2N10O4. The van der Waals surface area contributed by atoms with Gasteiger partial charge in [-0.2, -0.15) is 10.4 Å². The molecule has 1 saturated carbocycles. The van der Waals surface area contributed by atoms with Crippen molar-refractivity contribution in [3.8, 4) is 28.8 Å². The molecular weight excluding hydrogens is 662 g/mol. The first-order chi connectivity index (χ1) is 24.8. The number of ether oxygens (including phenoxy) is 4. The van der Waals surface area contributed by atoms with E-state index in [1.54, 1.807) is 47.8 Å². The van der Waals surface area contributed by atoms with Crippen LogP contribution in [0, 0.1) is 11.3 Å². The summed E-state index contributed by atoms with van der Waals surface area (Å²) in [5.41, 5.74) is 2.22. The van der Waals surface area contributed by atoms with Crippen molar-refractivity contribution < 1.29 is 27.7 Å². The number of methoxy groups -OCH3 is 1. The van der Waals surface area contributed by atoms with Gasteiger partial charge in [0.15, 0.2) is 6.61 Å². The monoisotopic (exact) mass is 704 g/mol. The number of nitrogens with zero attached hydrogens (tertiary/aromatic N) is 9. The van der Waals surface area contributed by atoms with Crippen LogP contribution in [0.5, 0.6) is 11.6 Å². The molecule has 1 N–H and O–H groups in total. The van der Waals surface area contributed by atoms with E-state index in [-0.39, 0.29) is 24.0 Å². The van der Waals surface area contributed by atoms with Gasteiger partial charge in [-0.25, -0.2) is 28.4 Å². The molecule has 0 amide bonds. The van der Waals surface area contributed by atoms with Crippen LogP contribution in [-0.2, 0) is 16.0 Å². The zero-order chi connectivity index (χ0) is 35.4. The predicted octanol–water partition coefficient (Wildman–Crippen LogP) is 5.02. The molecule has 0 radical (unpaired) electrons. The van der Waals surface area contributed by atoms with E-state index < -0.39 is 19.1 Å². The number of morpholine rings is 1. The molecule has 5 heterocycles. The van der Waals surface area contributed by atoms with E-state index in [9.17, 15) is 14.0 Å². The maximum absolute atomic E-state index is 14.4. The Morgan fingerprint density at radius 1 is 1.02 bits per heavy atom. The number of benzene rings is 1. The van der Waals surface area contributed by atoms with Crippen molar-refractivity contribution in [1.82, 2.24) is 39.4 Å². The van der Waals surface area contributed by atoms with Gasteiger partial charge in [-0.3, -0.25) is 9.58 Å². The van der Waals surface area contributed by atoms with E-state index in [1.165, 1.54) is 26.3 Å². The third-order valence-corrected chi connectivity index (χ3v) is 9.81. The molecule has 1 aliphatic carbocycles. The van der Waals surface area contributed by atoms with Crippen LogP contribution < -0.4 is 14.8 Å². The first-order valence-corrected chi connectivity index (χ1v) is 17.3. The third-order valence-electron chi connectivity index (χ3n) is 9.81. The minimum absolute atomic E-state index is 0.0423. The fourth-order valence-electron chi connectivity index (χ4n) is 7.46. The van der Waals surface area contributed by atoms with Crippen LogP contribution in [-0.4, -0.2) is 103 Å². The van der Waals surface area contributed by atoms with E-state index >= 15 is 0 Å². The van der Waals surface area contributed by atoms with Crippen molar-refractivity contribution in [2.24, 2.45) is 0 Å². The highest BCUT2D eigenvalue weighted by Gasteiger charge is 2.42. The van der Waals surface area contributed by atoms with Gasteiger partial charge in [0.2, 0.25) is 5.95 Å². The van der Waals surface area contributed by atoms with E-state index in [0.29, 0.717) is 47.2 Å². The van der Waals surface area contributed by atoms with Crippen molar-refractivity contribution in [2.75, 3.05) is 38.9 Å². The lowest BCUT2D eigenvalue weighted by Gasteiger charge is -2.43. The molecule has 3 aliphatic rings. The third kappa shape index (κ3) is 8.11. The first-order valence-electron chi connectivity index (χ1n) is 17.3. The SMILES string of the molecule is COCC(F)(F)COc1nn([C@H]2CC[C@H](N3C4CC[C@H]3COC4)CC2)cc1Nc1ncc(-c2ccc(C#N)c(O[C@@H](C)Cn3cncn3)c2)cn1. The van der Waals surface area contributed by atoms with E-state index in [0.717, 1.165) is 44.5 Å². The summed E-state index contributed by atoms with van der Waals surface area (Å²) in [6.45, 7) is 2.32. The summed E-state index contributed by atoms with van der Waals surface area (Å²) in [6, 6.07) is 9.09. The molecule has 3 atom stereocenters. The average Bonchev–Trinajstić information content (AvgIpc) is 3.85. The molecule has 1 aromatic carbocycles. The maximum atomic E-state index is 14.4. The number of nitriles is 1. The number of aromatic nitrogens is 7. The summed E-state index contributed by atoms with van der Waals surface area (Å²) in [7, 11) is 1.22. The quantitative estimate of drug-likeness (QED) is 0.188. The summed E-state index contributed by atoms with van der Waals surface area (Å²) in [6.07, 6.45) is 14.1. The molecule has 16 heteroatoms. The predicted molar refractivity (Wildman–Crippen MR) is 181 cm³/mol. The molecule has 14 nitrogen and oxygen atoms in total. The Morgan fingerprint density at radius 3 is 2.43 bits per heavy atom. The minimum Gasteiger partial charge on any atom is -0.487 e. The lowest BCUT2D eigenvalue weighted by atomic mass is 9.89. The Kier molecular flexibility index (Phi) is 10.4. The number of hydrogen-bond donors (Lipinski definition) is 1. The van der Waals surface area contributed by atoms with Crippen LogP contribution in [0.25, 0.3) is 11.1 Å². The average molecular weight is 705 g/mol. The molecule has 7 rings (SSSR count). The van der Waals surface area contributed by atoms with Gasteiger partial charge in [-0.1, -0.05) is 6.07 Å². The summed E-state index contributed by atoms with van der Waals surface area (Å²) in [5.74, 6) is -2.48. The number of alkyl halides is 2. The van der Waals surface area contributed by atoms with Gasteiger partial charge in [-0.15, -0.1) is 5.10 Å². The number of nitrogens with one attached hydrogen (secondary N) is 1. The molecule has 51 heavy (non-hydrogen) atoms. The van der Waals surface area contributed by atoms with Crippen molar-refractivity contribution in [1.29, 1.82) is 5.26 Å². The highest BCUT2D eigenvalue weighted by atomic mass is 19.3. The van der Waals surface area contributed by atoms with Crippen molar-refractivity contribution in [3.05, 3.63) is 55.0 Å². The summed E-state index contributed by atoms with van der Waals surface area (Å²) in [5, 5.41) is 21.5. The molecule has 2 bridgehead atoms. The van der Waals surface area contributed by atoms with Crippen LogP contribution in [0.15, 0.2) is 49.4 Å². The molecule has 1 unspecified atom stereocenters. The second kappa shape index (κ2) is 15.3. The van der Waals surface area contributed by atoms with Gasteiger partial charge in [0.1, 0.15) is 42.9 Å². The van der Waals surface area contributed by atoms with Gasteiger partial charge in [0, 0.05) is 43.2 Å². The fraction of sp³-hybridized carbons (Fsp3) is 0.543. The Bertz CT molecular complexity index is 1770. The van der Waals surface area contributed by atoms with Crippen LogP contribution in [0.3, 0.4) is 0 Å². The number of halogens is 2. The number of anilines is 2. The molecule has 3 aromatic heterocycles.